The smallest absolute Gasteiger partial charge is 0.254 e. The number of aliphatic hydroxyl groups excluding tert-OH is 1. The van der Waals surface area contributed by atoms with Crippen molar-refractivity contribution in [1.29, 1.82) is 0 Å². The summed E-state index contributed by atoms with van der Waals surface area (Å²) in [6.45, 7) is 0.678. The van der Waals surface area contributed by atoms with Gasteiger partial charge in [0, 0.05) is 25.6 Å². The molecule has 4 heteroatoms. The van der Waals surface area contributed by atoms with E-state index in [0.29, 0.717) is 30.0 Å². The Kier molecular flexibility index (Phi) is 5.35. The van der Waals surface area contributed by atoms with Gasteiger partial charge in [0.25, 0.3) is 5.91 Å². The molecule has 1 aliphatic rings. The lowest BCUT2D eigenvalue weighted by Crippen LogP contribution is -2.34. The first kappa shape index (κ1) is 15.5. The minimum atomic E-state index is -0.442. The van der Waals surface area contributed by atoms with Crippen molar-refractivity contribution in [2.45, 2.75) is 25.7 Å². The van der Waals surface area contributed by atoms with Crippen molar-refractivity contribution in [2.75, 3.05) is 20.2 Å². The summed E-state index contributed by atoms with van der Waals surface area (Å²) < 4.78 is 13.4. The van der Waals surface area contributed by atoms with Gasteiger partial charge in [-0.3, -0.25) is 4.79 Å². The molecule has 0 saturated heterocycles. The Morgan fingerprint density at radius 2 is 2.24 bits per heavy atom. The fourth-order valence-electron chi connectivity index (χ4n) is 2.37. The summed E-state index contributed by atoms with van der Waals surface area (Å²) in [5.74, 6) is 5.53. The van der Waals surface area contributed by atoms with Crippen molar-refractivity contribution >= 4 is 5.91 Å². The molecule has 112 valence electrons. The van der Waals surface area contributed by atoms with Crippen LogP contribution in [0, 0.1) is 23.6 Å². The minimum Gasteiger partial charge on any atom is -0.395 e. The van der Waals surface area contributed by atoms with E-state index in [1.165, 1.54) is 24.6 Å². The monoisotopic (exact) mass is 289 g/mol. The maximum Gasteiger partial charge on any atom is 0.254 e. The average molecular weight is 289 g/mol. The van der Waals surface area contributed by atoms with Crippen molar-refractivity contribution in [1.82, 2.24) is 4.90 Å². The van der Waals surface area contributed by atoms with Crippen LogP contribution in [-0.2, 0) is 0 Å². The highest BCUT2D eigenvalue weighted by Crippen LogP contribution is 2.27. The Morgan fingerprint density at radius 3 is 2.86 bits per heavy atom. The van der Waals surface area contributed by atoms with E-state index in [0.717, 1.165) is 12.8 Å². The Hall–Kier alpha value is -1.86. The highest BCUT2D eigenvalue weighted by Gasteiger charge is 2.23. The fourth-order valence-corrected chi connectivity index (χ4v) is 2.37. The summed E-state index contributed by atoms with van der Waals surface area (Å²) in [4.78, 5) is 14.1. The minimum absolute atomic E-state index is 0.0287. The summed E-state index contributed by atoms with van der Waals surface area (Å²) in [5.41, 5.74) is 0.803. The Labute approximate surface area is 124 Å². The van der Waals surface area contributed by atoms with E-state index in [-0.39, 0.29) is 12.5 Å². The highest BCUT2D eigenvalue weighted by molar-refractivity contribution is 5.96. The molecule has 0 radical (unpaired) electrons. The molecule has 1 aromatic rings. The van der Waals surface area contributed by atoms with E-state index < -0.39 is 5.82 Å². The molecule has 0 bridgehead atoms. The zero-order valence-corrected chi connectivity index (χ0v) is 12.2. The van der Waals surface area contributed by atoms with Crippen LogP contribution in [0.4, 0.5) is 4.39 Å². The molecule has 0 atom stereocenters. The van der Waals surface area contributed by atoms with Gasteiger partial charge in [0.2, 0.25) is 0 Å². The molecule has 1 fully saturated rings. The van der Waals surface area contributed by atoms with Crippen molar-refractivity contribution in [3.8, 4) is 11.8 Å². The molecule has 1 aromatic carbocycles. The molecule has 0 heterocycles. The van der Waals surface area contributed by atoms with Gasteiger partial charge in [-0.1, -0.05) is 18.3 Å². The molecule has 0 aliphatic heterocycles. The van der Waals surface area contributed by atoms with Crippen LogP contribution < -0.4 is 0 Å². The van der Waals surface area contributed by atoms with Crippen LogP contribution in [0.1, 0.15) is 41.6 Å². The van der Waals surface area contributed by atoms with Crippen LogP contribution >= 0.6 is 0 Å². The highest BCUT2D eigenvalue weighted by atomic mass is 19.1. The van der Waals surface area contributed by atoms with E-state index in [2.05, 4.69) is 11.8 Å². The summed E-state index contributed by atoms with van der Waals surface area (Å²) in [6.07, 6.45) is 3.88. The van der Waals surface area contributed by atoms with Gasteiger partial charge >= 0.3 is 0 Å². The van der Waals surface area contributed by atoms with Crippen LogP contribution in [0.5, 0.6) is 0 Å². The third-order valence-corrected chi connectivity index (χ3v) is 3.78. The third-order valence-electron chi connectivity index (χ3n) is 3.78. The van der Waals surface area contributed by atoms with Gasteiger partial charge in [-0.05, 0) is 37.0 Å². The predicted molar refractivity (Wildman–Crippen MR) is 79.3 cm³/mol. The molecule has 0 aromatic heterocycles. The summed E-state index contributed by atoms with van der Waals surface area (Å²) in [7, 11) is 1.75. The molecule has 0 spiro atoms. The number of benzene rings is 1. The number of carbonyl (C=O) groups is 1. The summed E-state index contributed by atoms with van der Waals surface area (Å²) in [6, 6.07) is 4.05. The van der Waals surface area contributed by atoms with Crippen LogP contribution in [0.15, 0.2) is 18.2 Å². The summed E-state index contributed by atoms with van der Waals surface area (Å²) in [5, 5.41) is 8.75. The molecule has 1 saturated carbocycles. The van der Waals surface area contributed by atoms with Gasteiger partial charge < -0.3 is 10.0 Å². The van der Waals surface area contributed by atoms with E-state index in [1.54, 1.807) is 11.9 Å². The normalized spacial score (nSPS) is 14.0. The Morgan fingerprint density at radius 1 is 1.48 bits per heavy atom. The maximum absolute atomic E-state index is 13.4. The number of rotatable bonds is 4. The second-order valence-electron chi connectivity index (χ2n) is 5.45. The van der Waals surface area contributed by atoms with Crippen molar-refractivity contribution in [3.05, 3.63) is 35.1 Å². The number of halogens is 1. The SMILES string of the molecule is CN(CC1CCC1)C(=O)c1cc(F)ccc1C#CCCO. The lowest BCUT2D eigenvalue weighted by atomic mass is 9.85. The van der Waals surface area contributed by atoms with E-state index in [4.69, 9.17) is 5.11 Å². The Bertz CT molecular complexity index is 570. The lowest BCUT2D eigenvalue weighted by molar-refractivity contribution is 0.0744. The molecular formula is C17H20FNO2. The topological polar surface area (TPSA) is 40.5 Å². The average Bonchev–Trinajstić information content (AvgIpc) is 2.43. The first-order chi connectivity index (χ1) is 10.1. The van der Waals surface area contributed by atoms with Crippen molar-refractivity contribution in [3.63, 3.8) is 0 Å². The van der Waals surface area contributed by atoms with Crippen molar-refractivity contribution < 1.29 is 14.3 Å². The van der Waals surface area contributed by atoms with Crippen LogP contribution in [0.25, 0.3) is 0 Å². The Balaban J connectivity index is 2.17. The van der Waals surface area contributed by atoms with Gasteiger partial charge in [-0.15, -0.1) is 0 Å². The number of nitrogens with zero attached hydrogens (tertiary/aromatic N) is 1. The molecule has 3 nitrogen and oxygen atoms in total. The molecule has 1 amide bonds. The molecule has 2 rings (SSSR count). The zero-order valence-electron chi connectivity index (χ0n) is 12.2. The number of carbonyl (C=O) groups excluding carboxylic acids is 1. The van der Waals surface area contributed by atoms with E-state index >= 15 is 0 Å². The predicted octanol–water partition coefficient (Wildman–Crippen LogP) is 2.43. The lowest BCUT2D eigenvalue weighted by Gasteiger charge is -2.30. The third kappa shape index (κ3) is 4.05. The van der Waals surface area contributed by atoms with Gasteiger partial charge in [-0.25, -0.2) is 4.39 Å². The maximum atomic E-state index is 13.4. The number of aliphatic hydroxyl groups is 1. The van der Waals surface area contributed by atoms with Crippen molar-refractivity contribution in [2.24, 2.45) is 5.92 Å². The summed E-state index contributed by atoms with van der Waals surface area (Å²) >= 11 is 0. The van der Waals surface area contributed by atoms with Gasteiger partial charge in [0.05, 0.1) is 12.2 Å². The van der Waals surface area contributed by atoms with Crippen LogP contribution in [0.3, 0.4) is 0 Å². The number of amides is 1. The molecule has 0 unspecified atom stereocenters. The van der Waals surface area contributed by atoms with Gasteiger partial charge in [-0.2, -0.15) is 0 Å². The van der Waals surface area contributed by atoms with E-state index in [9.17, 15) is 9.18 Å². The van der Waals surface area contributed by atoms with E-state index in [1.807, 2.05) is 0 Å². The first-order valence-electron chi connectivity index (χ1n) is 7.26. The van der Waals surface area contributed by atoms with Crippen LogP contribution in [-0.4, -0.2) is 36.1 Å². The molecule has 1 N–H and O–H groups in total. The quantitative estimate of drug-likeness (QED) is 0.865. The second-order valence-corrected chi connectivity index (χ2v) is 5.45. The zero-order chi connectivity index (χ0) is 15.2. The number of hydrogen-bond donors (Lipinski definition) is 1. The van der Waals surface area contributed by atoms with Gasteiger partial charge in [0.1, 0.15) is 5.82 Å². The second kappa shape index (κ2) is 7.24. The fraction of sp³-hybridized carbons (Fsp3) is 0.471. The number of hydrogen-bond acceptors (Lipinski definition) is 2. The molecule has 1 aliphatic carbocycles. The molecular weight excluding hydrogens is 269 g/mol. The standard InChI is InChI=1S/C17H20FNO2/c1-19(12-13-5-4-6-13)17(21)16-11-15(18)9-8-14(16)7-2-3-10-20/h8-9,11,13,20H,3-6,10,12H2,1H3. The first-order valence-corrected chi connectivity index (χ1v) is 7.26. The van der Waals surface area contributed by atoms with Gasteiger partial charge in [0.15, 0.2) is 0 Å². The largest absolute Gasteiger partial charge is 0.395 e. The van der Waals surface area contributed by atoms with Crippen LogP contribution in [0.2, 0.25) is 0 Å². The molecule has 21 heavy (non-hydrogen) atoms.